The third kappa shape index (κ3) is 2.85. The van der Waals surface area contributed by atoms with Crippen LogP contribution in [0.2, 0.25) is 0 Å². The number of morpholine rings is 1. The molecule has 1 saturated heterocycles. The fourth-order valence-corrected chi connectivity index (χ4v) is 2.10. The molecule has 0 aliphatic carbocycles. The lowest BCUT2D eigenvalue weighted by Crippen LogP contribution is -2.42. The second kappa shape index (κ2) is 5.44. The Morgan fingerprint density at radius 3 is 2.78 bits per heavy atom. The van der Waals surface area contributed by atoms with Crippen molar-refractivity contribution in [3.05, 3.63) is 20.8 Å². The highest BCUT2D eigenvalue weighted by Crippen LogP contribution is 2.21. The summed E-state index contributed by atoms with van der Waals surface area (Å²) >= 11 is 3.03. The van der Waals surface area contributed by atoms with Gasteiger partial charge in [0.05, 0.1) is 24.5 Å². The van der Waals surface area contributed by atoms with E-state index in [1.165, 1.54) is 10.9 Å². The average Bonchev–Trinajstić information content (AvgIpc) is 2.71. The summed E-state index contributed by atoms with van der Waals surface area (Å²) < 4.78 is 6.67. The van der Waals surface area contributed by atoms with Crippen LogP contribution in [-0.2, 0) is 16.1 Å². The first-order valence-corrected chi connectivity index (χ1v) is 6.10. The third-order valence-corrected chi connectivity index (χ3v) is 3.09. The van der Waals surface area contributed by atoms with Crippen LogP contribution < -0.4 is 0 Å². The Balaban J connectivity index is 2.02. The van der Waals surface area contributed by atoms with Gasteiger partial charge < -0.3 is 19.8 Å². The summed E-state index contributed by atoms with van der Waals surface area (Å²) in [5, 5.41) is 14.3. The molecule has 0 aromatic carbocycles. The molecule has 1 amide bonds. The van der Waals surface area contributed by atoms with Gasteiger partial charge >= 0.3 is 5.82 Å². The van der Waals surface area contributed by atoms with E-state index in [1.807, 2.05) is 0 Å². The van der Waals surface area contributed by atoms with Gasteiger partial charge in [0.25, 0.3) is 0 Å². The largest absolute Gasteiger partial charge is 0.404 e. The number of aromatic nitrogens is 2. The van der Waals surface area contributed by atoms with Gasteiger partial charge in [-0.2, -0.15) is 4.68 Å². The van der Waals surface area contributed by atoms with Crippen molar-refractivity contribution in [2.45, 2.75) is 6.54 Å². The molecular weight excluding hydrogens is 308 g/mol. The van der Waals surface area contributed by atoms with Crippen molar-refractivity contribution in [2.24, 2.45) is 0 Å². The maximum Gasteiger partial charge on any atom is 0.404 e. The van der Waals surface area contributed by atoms with E-state index in [1.54, 1.807) is 4.90 Å². The Kier molecular flexibility index (Phi) is 3.92. The molecule has 1 fully saturated rings. The summed E-state index contributed by atoms with van der Waals surface area (Å²) in [6, 6.07) is 0. The fraction of sp³-hybridized carbons (Fsp3) is 0.556. The molecule has 0 unspecified atom stereocenters. The van der Waals surface area contributed by atoms with Crippen LogP contribution in [0.4, 0.5) is 5.82 Å². The van der Waals surface area contributed by atoms with Crippen LogP contribution in [0.3, 0.4) is 0 Å². The number of hydrogen-bond acceptors (Lipinski definition) is 5. The number of rotatable bonds is 3. The van der Waals surface area contributed by atoms with Crippen LogP contribution >= 0.6 is 15.9 Å². The zero-order valence-corrected chi connectivity index (χ0v) is 11.0. The van der Waals surface area contributed by atoms with Gasteiger partial charge in [-0.1, -0.05) is 0 Å². The highest BCUT2D eigenvalue weighted by atomic mass is 79.9. The van der Waals surface area contributed by atoms with Crippen molar-refractivity contribution in [1.29, 1.82) is 0 Å². The Morgan fingerprint density at radius 1 is 1.56 bits per heavy atom. The predicted octanol–water partition coefficient (Wildman–Crippen LogP) is 0.413. The van der Waals surface area contributed by atoms with E-state index in [2.05, 4.69) is 21.0 Å². The van der Waals surface area contributed by atoms with Gasteiger partial charge in [0, 0.05) is 13.1 Å². The normalized spacial score (nSPS) is 15.7. The first-order valence-electron chi connectivity index (χ1n) is 5.31. The molecule has 8 nitrogen and oxygen atoms in total. The molecule has 0 atom stereocenters. The van der Waals surface area contributed by atoms with Gasteiger partial charge in [0.15, 0.2) is 0 Å². The first-order chi connectivity index (χ1) is 8.58. The molecular formula is C9H11BrN4O4. The SMILES string of the molecule is O=C(Cn1cc(Br)c([N+](=O)[O-])n1)N1CCOCC1. The number of carbonyl (C=O) groups excluding carboxylic acids is 1. The highest BCUT2D eigenvalue weighted by molar-refractivity contribution is 9.10. The Bertz CT molecular complexity index is 469. The van der Waals surface area contributed by atoms with Crippen LogP contribution in [0.25, 0.3) is 0 Å². The van der Waals surface area contributed by atoms with Crippen LogP contribution in [0.1, 0.15) is 0 Å². The predicted molar refractivity (Wildman–Crippen MR) is 64.0 cm³/mol. The van der Waals surface area contributed by atoms with Crippen molar-refractivity contribution < 1.29 is 14.5 Å². The molecule has 0 radical (unpaired) electrons. The number of halogens is 1. The van der Waals surface area contributed by atoms with Gasteiger partial charge in [-0.05, 0) is 20.9 Å². The molecule has 1 aliphatic rings. The van der Waals surface area contributed by atoms with E-state index in [0.717, 1.165) is 0 Å². The molecule has 0 bridgehead atoms. The molecule has 2 heterocycles. The summed E-state index contributed by atoms with van der Waals surface area (Å²) in [5.74, 6) is -0.409. The molecule has 1 aliphatic heterocycles. The number of ether oxygens (including phenoxy) is 1. The van der Waals surface area contributed by atoms with Crippen LogP contribution in [0.5, 0.6) is 0 Å². The van der Waals surface area contributed by atoms with Crippen molar-refractivity contribution in [1.82, 2.24) is 14.7 Å². The lowest BCUT2D eigenvalue weighted by Gasteiger charge is -2.26. The Hall–Kier alpha value is -1.48. The topological polar surface area (TPSA) is 90.5 Å². The Morgan fingerprint density at radius 2 is 2.22 bits per heavy atom. The summed E-state index contributed by atoms with van der Waals surface area (Å²) in [4.78, 5) is 23.6. The van der Waals surface area contributed by atoms with E-state index in [9.17, 15) is 14.9 Å². The van der Waals surface area contributed by atoms with Crippen LogP contribution in [0, 0.1) is 10.1 Å². The van der Waals surface area contributed by atoms with E-state index in [0.29, 0.717) is 26.3 Å². The minimum absolute atomic E-state index is 0.00750. The van der Waals surface area contributed by atoms with Gasteiger partial charge in [0.1, 0.15) is 11.0 Å². The monoisotopic (exact) mass is 318 g/mol. The average molecular weight is 319 g/mol. The third-order valence-electron chi connectivity index (χ3n) is 2.53. The lowest BCUT2D eigenvalue weighted by atomic mass is 10.4. The van der Waals surface area contributed by atoms with Crippen molar-refractivity contribution in [3.8, 4) is 0 Å². The van der Waals surface area contributed by atoms with Crippen molar-refractivity contribution >= 4 is 27.7 Å². The number of amides is 1. The minimum Gasteiger partial charge on any atom is -0.378 e. The van der Waals surface area contributed by atoms with E-state index < -0.39 is 4.92 Å². The molecule has 1 aromatic heterocycles. The van der Waals surface area contributed by atoms with Gasteiger partial charge in [-0.15, -0.1) is 0 Å². The second-order valence-corrected chi connectivity index (χ2v) is 4.60. The maximum atomic E-state index is 11.9. The molecule has 9 heteroatoms. The summed E-state index contributed by atoms with van der Waals surface area (Å²) in [7, 11) is 0. The van der Waals surface area contributed by atoms with Gasteiger partial charge in [-0.3, -0.25) is 4.79 Å². The summed E-state index contributed by atoms with van der Waals surface area (Å²) in [5.41, 5.74) is 0. The smallest absolute Gasteiger partial charge is 0.378 e. The number of carbonyl (C=O) groups is 1. The van der Waals surface area contributed by atoms with Crippen LogP contribution in [-0.4, -0.2) is 51.8 Å². The van der Waals surface area contributed by atoms with E-state index in [4.69, 9.17) is 4.74 Å². The molecule has 2 rings (SSSR count). The molecule has 0 N–H and O–H groups in total. The van der Waals surface area contributed by atoms with Crippen molar-refractivity contribution in [2.75, 3.05) is 26.3 Å². The van der Waals surface area contributed by atoms with Crippen molar-refractivity contribution in [3.63, 3.8) is 0 Å². The molecule has 98 valence electrons. The Labute approximate surface area is 111 Å². The maximum absolute atomic E-state index is 11.9. The molecule has 0 saturated carbocycles. The second-order valence-electron chi connectivity index (χ2n) is 3.75. The number of nitro groups is 1. The zero-order chi connectivity index (χ0) is 13.1. The lowest BCUT2D eigenvalue weighted by molar-refractivity contribution is -0.390. The number of nitrogens with zero attached hydrogens (tertiary/aromatic N) is 4. The van der Waals surface area contributed by atoms with E-state index >= 15 is 0 Å². The quantitative estimate of drug-likeness (QED) is 0.594. The number of hydrogen-bond donors (Lipinski definition) is 0. The van der Waals surface area contributed by atoms with E-state index in [-0.39, 0.29) is 22.7 Å². The molecule has 1 aromatic rings. The van der Waals surface area contributed by atoms with Gasteiger partial charge in [-0.25, -0.2) is 0 Å². The van der Waals surface area contributed by atoms with Crippen LogP contribution in [0.15, 0.2) is 10.7 Å². The molecule has 18 heavy (non-hydrogen) atoms. The first kappa shape index (κ1) is 13.0. The molecule has 0 spiro atoms. The summed E-state index contributed by atoms with van der Waals surface area (Å²) in [6.07, 6.45) is 1.43. The summed E-state index contributed by atoms with van der Waals surface area (Å²) in [6.45, 7) is 2.13. The van der Waals surface area contributed by atoms with Gasteiger partial charge in [0.2, 0.25) is 5.91 Å². The standard InChI is InChI=1S/C9H11BrN4O4/c10-7-5-13(11-9(7)14(16)17)6-8(15)12-1-3-18-4-2-12/h5H,1-4,6H2. The highest BCUT2D eigenvalue weighted by Gasteiger charge is 2.22. The zero-order valence-electron chi connectivity index (χ0n) is 9.41. The fourth-order valence-electron chi connectivity index (χ4n) is 1.64. The minimum atomic E-state index is -0.597.